The fourth-order valence-electron chi connectivity index (χ4n) is 4.20. The molecule has 1 aromatic heterocycles. The molecule has 1 amide bonds. The lowest BCUT2D eigenvalue weighted by Crippen LogP contribution is -2.47. The molecule has 4 N–H and O–H groups in total. The summed E-state index contributed by atoms with van der Waals surface area (Å²) in [5.74, 6) is 0.263. The Hall–Kier alpha value is -0.650. The van der Waals surface area contributed by atoms with Gasteiger partial charge < -0.3 is 5.11 Å². The minimum Gasteiger partial charge on any atom is -0.388 e. The number of aliphatic hydroxyl groups is 1. The van der Waals surface area contributed by atoms with E-state index in [9.17, 15) is 18.3 Å². The summed E-state index contributed by atoms with van der Waals surface area (Å²) in [5.41, 5.74) is 7.87. The minimum atomic E-state index is -3.33. The van der Waals surface area contributed by atoms with Crippen LogP contribution in [0, 0.1) is 5.92 Å². The van der Waals surface area contributed by atoms with Crippen molar-refractivity contribution in [3.05, 3.63) is 16.0 Å². The first-order chi connectivity index (χ1) is 14.5. The smallest absolute Gasteiger partial charge is 0.275 e. The van der Waals surface area contributed by atoms with Crippen molar-refractivity contribution in [3.8, 4) is 0 Å². The first-order valence-electron chi connectivity index (χ1n) is 11.0. The van der Waals surface area contributed by atoms with E-state index < -0.39 is 20.9 Å². The lowest BCUT2D eigenvalue weighted by atomic mass is 9.86. The SMILES string of the molecule is CSc1sc(C(=O)NNC[C@H]2CC[C@H](NS(=O)(=O)C(C)(C)C)CC2)c2c1C(O)CCC2. The zero-order valence-electron chi connectivity index (χ0n) is 18.8. The first-order valence-corrected chi connectivity index (χ1v) is 14.5. The summed E-state index contributed by atoms with van der Waals surface area (Å²) >= 11 is 3.05. The fraction of sp³-hybridized carbons (Fsp3) is 0.762. The van der Waals surface area contributed by atoms with E-state index in [4.69, 9.17) is 0 Å². The van der Waals surface area contributed by atoms with Gasteiger partial charge in [0.1, 0.15) is 0 Å². The van der Waals surface area contributed by atoms with Crippen LogP contribution in [0.3, 0.4) is 0 Å². The Morgan fingerprint density at radius 1 is 1.19 bits per heavy atom. The molecule has 0 bridgehead atoms. The first kappa shape index (κ1) is 25.0. The van der Waals surface area contributed by atoms with Gasteiger partial charge in [-0.25, -0.2) is 18.6 Å². The average Bonchev–Trinajstić information content (AvgIpc) is 3.08. The molecular weight excluding hydrogens is 454 g/mol. The molecular formula is C21H35N3O4S3. The van der Waals surface area contributed by atoms with Crippen molar-refractivity contribution in [1.29, 1.82) is 0 Å². The number of thiophene rings is 1. The summed E-state index contributed by atoms with van der Waals surface area (Å²) in [5, 5.41) is 10.4. The van der Waals surface area contributed by atoms with Crippen LogP contribution in [0.15, 0.2) is 4.21 Å². The van der Waals surface area contributed by atoms with E-state index in [0.717, 1.165) is 60.3 Å². The van der Waals surface area contributed by atoms with Crippen molar-refractivity contribution in [2.75, 3.05) is 12.8 Å². The van der Waals surface area contributed by atoms with Gasteiger partial charge in [0.15, 0.2) is 0 Å². The molecule has 2 aliphatic rings. The molecule has 1 saturated carbocycles. The highest BCUT2D eigenvalue weighted by atomic mass is 32.2. The third kappa shape index (κ3) is 5.83. The average molecular weight is 490 g/mol. The van der Waals surface area contributed by atoms with E-state index in [0.29, 0.717) is 17.3 Å². The van der Waals surface area contributed by atoms with Crippen molar-refractivity contribution >= 4 is 39.0 Å². The van der Waals surface area contributed by atoms with Crippen LogP contribution in [0.5, 0.6) is 0 Å². The van der Waals surface area contributed by atoms with Gasteiger partial charge in [0, 0.05) is 18.2 Å². The number of thioether (sulfide) groups is 1. The number of hydrogen-bond donors (Lipinski definition) is 4. The predicted octanol–water partition coefficient (Wildman–Crippen LogP) is 3.35. The molecule has 2 aliphatic carbocycles. The summed E-state index contributed by atoms with van der Waals surface area (Å²) in [6.45, 7) is 5.79. The Labute approximate surface area is 194 Å². The molecule has 10 heteroatoms. The number of sulfonamides is 1. The zero-order chi connectivity index (χ0) is 22.8. The zero-order valence-corrected chi connectivity index (χ0v) is 21.2. The van der Waals surface area contributed by atoms with Crippen molar-refractivity contribution in [2.24, 2.45) is 5.92 Å². The van der Waals surface area contributed by atoms with E-state index in [1.165, 1.54) is 11.3 Å². The number of carbonyl (C=O) groups is 1. The van der Waals surface area contributed by atoms with Crippen LogP contribution in [-0.2, 0) is 16.4 Å². The van der Waals surface area contributed by atoms with Gasteiger partial charge in [0.25, 0.3) is 5.91 Å². The van der Waals surface area contributed by atoms with Crippen LogP contribution in [0.25, 0.3) is 0 Å². The number of nitrogens with one attached hydrogen (secondary N) is 3. The van der Waals surface area contributed by atoms with Gasteiger partial charge in [-0.1, -0.05) is 0 Å². The lowest BCUT2D eigenvalue weighted by Gasteiger charge is -2.31. The summed E-state index contributed by atoms with van der Waals surface area (Å²) in [4.78, 5) is 13.5. The molecule has 0 spiro atoms. The molecule has 1 unspecified atom stereocenters. The Morgan fingerprint density at radius 3 is 2.48 bits per heavy atom. The second-order valence-corrected chi connectivity index (χ2v) is 14.1. The summed E-state index contributed by atoms with van der Waals surface area (Å²) in [6.07, 6.45) is 7.44. The molecule has 31 heavy (non-hydrogen) atoms. The largest absolute Gasteiger partial charge is 0.388 e. The third-order valence-electron chi connectivity index (χ3n) is 6.21. The second-order valence-electron chi connectivity index (χ2n) is 9.51. The number of rotatable bonds is 7. The molecule has 0 radical (unpaired) electrons. The molecule has 0 aliphatic heterocycles. The summed E-state index contributed by atoms with van der Waals surface area (Å²) < 4.78 is 27.8. The number of fused-ring (bicyclic) bond motifs is 1. The minimum absolute atomic E-state index is 0.0101. The van der Waals surface area contributed by atoms with E-state index in [-0.39, 0.29) is 11.9 Å². The highest BCUT2D eigenvalue weighted by Gasteiger charge is 2.33. The normalized spacial score (nSPS) is 24.6. The van der Waals surface area contributed by atoms with Crippen molar-refractivity contribution in [3.63, 3.8) is 0 Å². The number of hydrazine groups is 1. The highest BCUT2D eigenvalue weighted by molar-refractivity contribution is 8.00. The van der Waals surface area contributed by atoms with E-state index in [1.54, 1.807) is 32.5 Å². The molecule has 1 heterocycles. The number of carbonyl (C=O) groups excluding carboxylic acids is 1. The fourth-order valence-corrected chi connectivity index (χ4v) is 7.33. The standard InChI is InChI=1S/C21H35N3O4S3/c1-21(2,3)31(27,28)24-14-10-8-13(9-11-14)12-22-23-19(26)18-15-6-5-7-16(25)17(15)20(29-4)30-18/h13-14,16,22,24-25H,5-12H2,1-4H3,(H,23,26)/t13-,14-,16?. The maximum atomic E-state index is 12.8. The topological polar surface area (TPSA) is 108 Å². The predicted molar refractivity (Wildman–Crippen MR) is 127 cm³/mol. The van der Waals surface area contributed by atoms with Gasteiger partial charge in [-0.2, -0.15) is 0 Å². The maximum Gasteiger partial charge on any atom is 0.275 e. The van der Waals surface area contributed by atoms with E-state index in [2.05, 4.69) is 15.6 Å². The Morgan fingerprint density at radius 2 is 1.87 bits per heavy atom. The van der Waals surface area contributed by atoms with Gasteiger partial charge in [0.2, 0.25) is 10.0 Å². The molecule has 1 fully saturated rings. The number of amides is 1. The van der Waals surface area contributed by atoms with E-state index >= 15 is 0 Å². The molecule has 0 aromatic carbocycles. The molecule has 0 saturated heterocycles. The van der Waals surface area contributed by atoms with Crippen LogP contribution in [0.4, 0.5) is 0 Å². The maximum absolute atomic E-state index is 12.8. The quantitative estimate of drug-likeness (QED) is 0.346. The van der Waals surface area contributed by atoms with Gasteiger partial charge in [0.05, 0.1) is 19.9 Å². The van der Waals surface area contributed by atoms with Gasteiger partial charge in [-0.15, -0.1) is 23.1 Å². The molecule has 1 aromatic rings. The summed E-state index contributed by atoms with van der Waals surface area (Å²) in [7, 11) is -3.33. The summed E-state index contributed by atoms with van der Waals surface area (Å²) in [6, 6.07) is -0.0101. The number of aliphatic hydroxyl groups excluding tert-OH is 1. The van der Waals surface area contributed by atoms with Crippen molar-refractivity contribution in [2.45, 2.75) is 86.8 Å². The highest BCUT2D eigenvalue weighted by Crippen LogP contribution is 2.43. The van der Waals surface area contributed by atoms with Gasteiger partial charge in [-0.3, -0.25) is 10.2 Å². The molecule has 1 atom stereocenters. The molecule has 3 rings (SSSR count). The molecule has 176 valence electrons. The second kappa shape index (κ2) is 10.1. The number of hydrogen-bond acceptors (Lipinski definition) is 7. The Kier molecular flexibility index (Phi) is 8.13. The van der Waals surface area contributed by atoms with Gasteiger partial charge in [-0.05, 0) is 83.5 Å². The third-order valence-corrected chi connectivity index (χ3v) is 10.8. The van der Waals surface area contributed by atoms with Crippen LogP contribution in [0.2, 0.25) is 0 Å². The molecule has 7 nitrogen and oxygen atoms in total. The van der Waals surface area contributed by atoms with Crippen LogP contribution in [0.1, 0.15) is 86.2 Å². The van der Waals surface area contributed by atoms with Crippen molar-refractivity contribution < 1.29 is 18.3 Å². The van der Waals surface area contributed by atoms with Crippen molar-refractivity contribution in [1.82, 2.24) is 15.6 Å². The van der Waals surface area contributed by atoms with Crippen LogP contribution in [-0.4, -0.2) is 43.0 Å². The van der Waals surface area contributed by atoms with Gasteiger partial charge >= 0.3 is 0 Å². The van der Waals surface area contributed by atoms with Crippen LogP contribution >= 0.6 is 23.1 Å². The monoisotopic (exact) mass is 489 g/mol. The van der Waals surface area contributed by atoms with Crippen LogP contribution < -0.4 is 15.6 Å². The Bertz CT molecular complexity index is 884. The lowest BCUT2D eigenvalue weighted by molar-refractivity contribution is 0.0930. The Balaban J connectivity index is 1.47. The van der Waals surface area contributed by atoms with E-state index in [1.807, 2.05) is 6.26 Å².